The van der Waals surface area contributed by atoms with Crippen molar-refractivity contribution in [3.63, 3.8) is 0 Å². The normalized spacial score (nSPS) is 18.4. The lowest BCUT2D eigenvalue weighted by atomic mass is 10.1. The number of rotatable bonds is 5. The Kier molecular flexibility index (Phi) is 6.67. The average molecular weight is 564 g/mol. The first-order chi connectivity index (χ1) is 18.0. The maximum Gasteiger partial charge on any atom is 0.264 e. The number of hydrogen-bond donors (Lipinski definition) is 0. The van der Waals surface area contributed by atoms with Gasteiger partial charge in [-0.15, -0.1) is 0 Å². The molecule has 0 aliphatic carbocycles. The first kappa shape index (κ1) is 24.4. The molecule has 0 radical (unpaired) electrons. The highest BCUT2D eigenvalue weighted by Crippen LogP contribution is 2.54. The van der Waals surface area contributed by atoms with Crippen LogP contribution in [0.25, 0.3) is 17.3 Å². The second kappa shape index (κ2) is 10.1. The van der Waals surface area contributed by atoms with Crippen LogP contribution in [-0.2, 0) is 6.54 Å². The Labute approximate surface area is 233 Å². The average Bonchev–Trinajstić information content (AvgIpc) is 3.68. The number of thiazole rings is 1. The molecule has 186 valence electrons. The minimum absolute atomic E-state index is 0.614. The highest BCUT2D eigenvalue weighted by Gasteiger charge is 2.34. The van der Waals surface area contributed by atoms with Crippen LogP contribution in [0.3, 0.4) is 0 Å². The molecule has 9 heteroatoms. The third kappa shape index (κ3) is 4.63. The van der Waals surface area contributed by atoms with Crippen LogP contribution >= 0.6 is 46.5 Å². The Balaban J connectivity index is 1.27. The van der Waals surface area contributed by atoms with Crippen molar-refractivity contribution in [3.05, 3.63) is 109 Å². The molecule has 4 aromatic rings. The predicted octanol–water partition coefficient (Wildman–Crippen LogP) is 7.68. The fourth-order valence-electron chi connectivity index (χ4n) is 4.39. The van der Waals surface area contributed by atoms with Crippen LogP contribution in [-0.4, -0.2) is 23.6 Å². The lowest BCUT2D eigenvalue weighted by molar-refractivity contribution is -0.686. The Morgan fingerprint density at radius 3 is 2.78 bits per heavy atom. The number of likely N-dealkylation sites (N-methyl/N-ethyl adjacent to an activating group) is 1. The predicted molar refractivity (Wildman–Crippen MR) is 155 cm³/mol. The summed E-state index contributed by atoms with van der Waals surface area (Å²) in [5.41, 5.74) is 4.10. The van der Waals surface area contributed by atoms with Crippen LogP contribution in [0.2, 0.25) is 5.02 Å². The largest absolute Gasteiger partial charge is 0.354 e. The van der Waals surface area contributed by atoms with Gasteiger partial charge in [0, 0.05) is 35.1 Å². The highest BCUT2D eigenvalue weighted by atomic mass is 35.5. The van der Waals surface area contributed by atoms with Crippen molar-refractivity contribution in [2.45, 2.75) is 18.4 Å². The summed E-state index contributed by atoms with van der Waals surface area (Å²) in [6.45, 7) is 8.08. The van der Waals surface area contributed by atoms with Crippen molar-refractivity contribution in [1.82, 2.24) is 10.1 Å². The van der Waals surface area contributed by atoms with Gasteiger partial charge in [-0.2, -0.15) is 4.57 Å². The fraction of sp³-hybridized carbons (Fsp3) is 0.143. The zero-order chi connectivity index (χ0) is 25.5. The summed E-state index contributed by atoms with van der Waals surface area (Å²) in [5.74, 6) is 0.820. The topological polar surface area (TPSA) is 36.4 Å². The number of nitrogens with zero attached hydrogens (tertiary/aromatic N) is 4. The molecule has 1 fully saturated rings. The van der Waals surface area contributed by atoms with Gasteiger partial charge in [0.1, 0.15) is 5.69 Å². The first-order valence-electron chi connectivity index (χ1n) is 11.8. The van der Waals surface area contributed by atoms with Crippen molar-refractivity contribution in [3.8, 4) is 11.3 Å². The number of aromatic nitrogens is 2. The number of fused-ring (bicyclic) bond motifs is 1. The second-order valence-electron chi connectivity index (χ2n) is 8.60. The molecule has 6 rings (SSSR count). The number of thioether (sulfide) groups is 2. The van der Waals surface area contributed by atoms with E-state index in [2.05, 4.69) is 63.8 Å². The van der Waals surface area contributed by atoms with E-state index in [4.69, 9.17) is 16.1 Å². The van der Waals surface area contributed by atoms with E-state index in [0.29, 0.717) is 6.54 Å². The molecule has 2 aromatic heterocycles. The van der Waals surface area contributed by atoms with Gasteiger partial charge in [-0.25, -0.2) is 0 Å². The molecule has 4 heterocycles. The van der Waals surface area contributed by atoms with E-state index in [1.54, 1.807) is 34.9 Å². The Morgan fingerprint density at radius 2 is 1.97 bits per heavy atom. The van der Waals surface area contributed by atoms with Gasteiger partial charge < -0.3 is 14.3 Å². The SMILES string of the molecule is C=C1C(=C2Sc3cc(Cl)ccc3N2C)SC(=Cc2scc[n+]2Cc2cc(-c3ccccc3)no2)N1CC. The molecular formula is C28H24ClN4OS3+. The lowest BCUT2D eigenvalue weighted by Crippen LogP contribution is -2.34. The van der Waals surface area contributed by atoms with Gasteiger partial charge in [0.05, 0.1) is 37.8 Å². The van der Waals surface area contributed by atoms with E-state index >= 15 is 0 Å². The van der Waals surface area contributed by atoms with Gasteiger partial charge in [0.2, 0.25) is 12.3 Å². The molecule has 0 spiro atoms. The van der Waals surface area contributed by atoms with Gasteiger partial charge in [-0.3, -0.25) is 0 Å². The fourth-order valence-corrected chi connectivity index (χ4v) is 8.07. The van der Waals surface area contributed by atoms with Crippen LogP contribution in [0, 0.1) is 0 Å². The summed E-state index contributed by atoms with van der Waals surface area (Å²) < 4.78 is 7.87. The van der Waals surface area contributed by atoms with Crippen molar-refractivity contribution in [1.29, 1.82) is 0 Å². The highest BCUT2D eigenvalue weighted by molar-refractivity contribution is 8.09. The molecule has 2 aromatic carbocycles. The van der Waals surface area contributed by atoms with Gasteiger partial charge >= 0.3 is 0 Å². The van der Waals surface area contributed by atoms with E-state index in [1.807, 2.05) is 48.5 Å². The quantitative estimate of drug-likeness (QED) is 0.232. The van der Waals surface area contributed by atoms with Gasteiger partial charge in [-0.1, -0.05) is 88.5 Å². The van der Waals surface area contributed by atoms with Crippen LogP contribution in [0.4, 0.5) is 5.69 Å². The van der Waals surface area contributed by atoms with Gasteiger partial charge in [0.15, 0.2) is 6.20 Å². The standard InChI is InChI=1S/C28H24ClN4OS3/c1-4-33-18(2)27(28-31(3)23-11-10-20(29)14-24(23)36-28)37-26(33)16-25-32(12-13-35-25)17-21-15-22(30-34-21)19-8-6-5-7-9-19/h5-16H,2,4,17H2,1,3H3/q+1. The molecule has 0 atom stereocenters. The first-order valence-corrected chi connectivity index (χ1v) is 14.7. The Morgan fingerprint density at radius 1 is 1.14 bits per heavy atom. The van der Waals surface area contributed by atoms with E-state index in [0.717, 1.165) is 44.3 Å². The summed E-state index contributed by atoms with van der Waals surface area (Å²) in [6.07, 6.45) is 4.34. The lowest BCUT2D eigenvalue weighted by Gasteiger charge is -2.18. The summed E-state index contributed by atoms with van der Waals surface area (Å²) >= 11 is 11.5. The van der Waals surface area contributed by atoms with E-state index in [-0.39, 0.29) is 0 Å². The zero-order valence-electron chi connectivity index (χ0n) is 20.3. The molecule has 0 N–H and O–H groups in total. The Hall–Kier alpha value is -2.91. The maximum atomic E-state index is 6.26. The molecule has 37 heavy (non-hydrogen) atoms. The molecule has 0 amide bonds. The number of anilines is 1. The van der Waals surface area contributed by atoms with Crippen LogP contribution in [0.15, 0.2) is 103 Å². The second-order valence-corrected chi connectivity index (χ2v) is 12.0. The minimum Gasteiger partial charge on any atom is -0.354 e. The van der Waals surface area contributed by atoms with Gasteiger partial charge in [0.25, 0.3) is 5.01 Å². The van der Waals surface area contributed by atoms with E-state index in [9.17, 15) is 0 Å². The summed E-state index contributed by atoms with van der Waals surface area (Å²) in [6, 6.07) is 18.2. The molecule has 0 saturated carbocycles. The third-order valence-corrected chi connectivity index (χ3v) is 9.89. The number of halogens is 1. The van der Waals surface area contributed by atoms with Gasteiger partial charge in [-0.05, 0) is 25.1 Å². The minimum atomic E-state index is 0.614. The van der Waals surface area contributed by atoms with Crippen LogP contribution in [0.5, 0.6) is 0 Å². The van der Waals surface area contributed by atoms with Crippen molar-refractivity contribution in [2.75, 3.05) is 18.5 Å². The summed E-state index contributed by atoms with van der Waals surface area (Å²) in [5, 5.41) is 10.6. The molecule has 2 aliphatic rings. The van der Waals surface area contributed by atoms with Crippen LogP contribution < -0.4 is 9.47 Å². The van der Waals surface area contributed by atoms with Crippen molar-refractivity contribution >= 4 is 58.2 Å². The molecule has 2 aliphatic heterocycles. The Bertz CT molecular complexity index is 1560. The molecule has 1 saturated heterocycles. The van der Waals surface area contributed by atoms with E-state index < -0.39 is 0 Å². The number of benzene rings is 2. The molecule has 0 unspecified atom stereocenters. The smallest absolute Gasteiger partial charge is 0.264 e. The monoisotopic (exact) mass is 563 g/mol. The molecule has 0 bridgehead atoms. The maximum absolute atomic E-state index is 6.26. The zero-order valence-corrected chi connectivity index (χ0v) is 23.6. The summed E-state index contributed by atoms with van der Waals surface area (Å²) in [4.78, 5) is 6.87. The molecular weight excluding hydrogens is 540 g/mol. The number of hydrogen-bond acceptors (Lipinski definition) is 7. The summed E-state index contributed by atoms with van der Waals surface area (Å²) in [7, 11) is 2.11. The van der Waals surface area contributed by atoms with Crippen molar-refractivity contribution in [2.24, 2.45) is 0 Å². The third-order valence-electron chi connectivity index (χ3n) is 6.28. The van der Waals surface area contributed by atoms with Crippen LogP contribution in [0.1, 0.15) is 17.7 Å². The molecule has 5 nitrogen and oxygen atoms in total. The van der Waals surface area contributed by atoms with Crippen molar-refractivity contribution < 1.29 is 9.09 Å². The van der Waals surface area contributed by atoms with E-state index in [1.165, 1.54) is 20.5 Å².